The number of hydrogen-bond acceptors (Lipinski definition) is 5. The van der Waals surface area contributed by atoms with Crippen molar-refractivity contribution in [2.75, 3.05) is 51.8 Å². The van der Waals surface area contributed by atoms with Gasteiger partial charge in [0.15, 0.2) is 0 Å². The molecule has 6 nitrogen and oxygen atoms in total. The molecular formula is C26H38N4O2. The molecule has 1 amide bonds. The van der Waals surface area contributed by atoms with Gasteiger partial charge in [0.25, 0.3) is 0 Å². The van der Waals surface area contributed by atoms with Gasteiger partial charge < -0.3 is 9.64 Å². The minimum absolute atomic E-state index is 0.114. The number of rotatable bonds is 10. The van der Waals surface area contributed by atoms with Crippen LogP contribution in [-0.2, 0) is 16.1 Å². The van der Waals surface area contributed by atoms with E-state index in [0.717, 1.165) is 57.2 Å². The van der Waals surface area contributed by atoms with Crippen LogP contribution in [-0.4, -0.2) is 73.2 Å². The fourth-order valence-electron chi connectivity index (χ4n) is 4.41. The number of nitrogens with zero attached hydrogens (tertiary/aromatic N) is 4. The van der Waals surface area contributed by atoms with Crippen LogP contribution in [0.4, 0.5) is 5.82 Å². The summed E-state index contributed by atoms with van der Waals surface area (Å²) in [4.78, 5) is 24.3. The first kappa shape index (κ1) is 24.4. The Bertz CT molecular complexity index is 852. The summed E-state index contributed by atoms with van der Waals surface area (Å²) in [6.45, 7) is 8.79. The Morgan fingerprint density at radius 1 is 1.03 bits per heavy atom. The van der Waals surface area contributed by atoms with Gasteiger partial charge >= 0.3 is 0 Å². The van der Waals surface area contributed by atoms with Gasteiger partial charge in [0.1, 0.15) is 5.82 Å². The molecule has 1 fully saturated rings. The fraction of sp³-hybridized carbons (Fsp3) is 0.538. The Kier molecular flexibility index (Phi) is 8.79. The number of carbonyl (C=O) groups is 1. The lowest BCUT2D eigenvalue weighted by molar-refractivity contribution is -0.119. The average molecular weight is 439 g/mol. The summed E-state index contributed by atoms with van der Waals surface area (Å²) in [5.74, 6) is 0.862. The molecular weight excluding hydrogens is 400 g/mol. The summed E-state index contributed by atoms with van der Waals surface area (Å²) < 4.78 is 5.72. The van der Waals surface area contributed by atoms with Crippen molar-refractivity contribution in [1.29, 1.82) is 0 Å². The molecule has 1 aromatic heterocycles. The summed E-state index contributed by atoms with van der Waals surface area (Å²) in [6, 6.07) is 16.5. The van der Waals surface area contributed by atoms with Crippen molar-refractivity contribution in [3.8, 4) is 0 Å². The standard InChI is InChI=1S/C26H38N4O2/c1-5-25(31)30(24-13-9-10-22(2)27-24)21-26(14-18-32-19-15-26)29(4)17-16-28(3)20-23-11-7-6-8-12-23/h6-13H,5,14-21H2,1-4H3. The van der Waals surface area contributed by atoms with Crippen LogP contribution in [0.5, 0.6) is 0 Å². The van der Waals surface area contributed by atoms with E-state index in [1.54, 1.807) is 0 Å². The van der Waals surface area contributed by atoms with Gasteiger partial charge in [-0.1, -0.05) is 43.3 Å². The zero-order chi connectivity index (χ0) is 23.0. The third kappa shape index (κ3) is 6.37. The van der Waals surface area contributed by atoms with Crippen LogP contribution >= 0.6 is 0 Å². The van der Waals surface area contributed by atoms with E-state index >= 15 is 0 Å². The topological polar surface area (TPSA) is 48.9 Å². The van der Waals surface area contributed by atoms with Crippen molar-refractivity contribution in [3.63, 3.8) is 0 Å². The van der Waals surface area contributed by atoms with Crippen LogP contribution < -0.4 is 4.90 Å². The van der Waals surface area contributed by atoms with E-state index in [0.29, 0.717) is 13.0 Å². The Hall–Kier alpha value is -2.28. The smallest absolute Gasteiger partial charge is 0.227 e. The van der Waals surface area contributed by atoms with Crippen LogP contribution in [0.1, 0.15) is 37.4 Å². The molecule has 0 atom stereocenters. The molecule has 0 unspecified atom stereocenters. The first-order valence-corrected chi connectivity index (χ1v) is 11.7. The molecule has 1 saturated heterocycles. The van der Waals surface area contributed by atoms with Crippen LogP contribution in [0.2, 0.25) is 0 Å². The van der Waals surface area contributed by atoms with E-state index in [9.17, 15) is 4.79 Å². The normalized spacial score (nSPS) is 15.8. The van der Waals surface area contributed by atoms with E-state index in [1.165, 1.54) is 5.56 Å². The van der Waals surface area contributed by atoms with E-state index in [4.69, 9.17) is 4.74 Å². The van der Waals surface area contributed by atoms with E-state index < -0.39 is 0 Å². The quantitative estimate of drug-likeness (QED) is 0.566. The number of amides is 1. The molecule has 1 aromatic carbocycles. The zero-order valence-corrected chi connectivity index (χ0v) is 20.1. The van der Waals surface area contributed by atoms with Crippen molar-refractivity contribution in [1.82, 2.24) is 14.8 Å². The summed E-state index contributed by atoms with van der Waals surface area (Å²) in [5.41, 5.74) is 2.12. The Morgan fingerprint density at radius 2 is 1.75 bits per heavy atom. The number of anilines is 1. The van der Waals surface area contributed by atoms with Crippen molar-refractivity contribution in [2.45, 2.75) is 45.2 Å². The molecule has 2 heterocycles. The van der Waals surface area contributed by atoms with E-state index in [2.05, 4.69) is 59.2 Å². The second-order valence-corrected chi connectivity index (χ2v) is 8.95. The third-order valence-electron chi connectivity index (χ3n) is 6.55. The lowest BCUT2D eigenvalue weighted by Gasteiger charge is -2.47. The van der Waals surface area contributed by atoms with E-state index in [1.807, 2.05) is 36.9 Å². The molecule has 0 aliphatic carbocycles. The van der Waals surface area contributed by atoms with Gasteiger partial charge in [0.2, 0.25) is 5.91 Å². The monoisotopic (exact) mass is 438 g/mol. The van der Waals surface area contributed by atoms with Gasteiger partial charge in [-0.25, -0.2) is 4.98 Å². The highest BCUT2D eigenvalue weighted by molar-refractivity contribution is 5.92. The molecule has 1 aliphatic rings. The summed E-state index contributed by atoms with van der Waals surface area (Å²) in [6.07, 6.45) is 2.28. The molecule has 0 spiro atoms. The molecule has 0 bridgehead atoms. The zero-order valence-electron chi connectivity index (χ0n) is 20.1. The predicted octanol–water partition coefficient (Wildman–Crippen LogP) is 3.75. The molecule has 6 heteroatoms. The fourth-order valence-corrected chi connectivity index (χ4v) is 4.41. The lowest BCUT2D eigenvalue weighted by Crippen LogP contribution is -2.59. The second-order valence-electron chi connectivity index (χ2n) is 8.95. The highest BCUT2D eigenvalue weighted by atomic mass is 16.5. The number of carbonyl (C=O) groups excluding carboxylic acids is 1. The molecule has 32 heavy (non-hydrogen) atoms. The first-order valence-electron chi connectivity index (χ1n) is 11.7. The van der Waals surface area contributed by atoms with Gasteiger partial charge in [-0.2, -0.15) is 0 Å². The lowest BCUT2D eigenvalue weighted by atomic mass is 9.87. The maximum Gasteiger partial charge on any atom is 0.227 e. The Morgan fingerprint density at radius 3 is 2.41 bits per heavy atom. The van der Waals surface area contributed by atoms with Gasteiger partial charge in [-0.3, -0.25) is 14.6 Å². The molecule has 1 aliphatic heterocycles. The number of pyridine rings is 1. The number of ether oxygens (including phenoxy) is 1. The van der Waals surface area contributed by atoms with Gasteiger partial charge in [-0.05, 0) is 51.6 Å². The maximum absolute atomic E-state index is 13.0. The number of benzene rings is 1. The van der Waals surface area contributed by atoms with Crippen LogP contribution in [0, 0.1) is 6.92 Å². The van der Waals surface area contributed by atoms with E-state index in [-0.39, 0.29) is 11.4 Å². The highest BCUT2D eigenvalue weighted by Crippen LogP contribution is 2.30. The molecule has 3 rings (SSSR count). The molecule has 0 N–H and O–H groups in total. The van der Waals surface area contributed by atoms with Crippen molar-refractivity contribution >= 4 is 11.7 Å². The first-order chi connectivity index (χ1) is 15.4. The summed E-state index contributed by atoms with van der Waals surface area (Å²) in [7, 11) is 4.36. The van der Waals surface area contributed by atoms with Crippen molar-refractivity contribution < 1.29 is 9.53 Å². The van der Waals surface area contributed by atoms with Crippen LogP contribution in [0.3, 0.4) is 0 Å². The van der Waals surface area contributed by atoms with Gasteiger partial charge in [0.05, 0.1) is 0 Å². The second kappa shape index (κ2) is 11.5. The Balaban J connectivity index is 1.73. The molecule has 0 radical (unpaired) electrons. The minimum Gasteiger partial charge on any atom is -0.381 e. The summed E-state index contributed by atoms with van der Waals surface area (Å²) >= 11 is 0. The number of aromatic nitrogens is 1. The van der Waals surface area contributed by atoms with Crippen molar-refractivity contribution in [3.05, 3.63) is 59.8 Å². The van der Waals surface area contributed by atoms with Crippen LogP contribution in [0.25, 0.3) is 0 Å². The SMILES string of the molecule is CCC(=O)N(CC1(N(C)CCN(C)Cc2ccccc2)CCOCC1)c1cccc(C)n1. The Labute approximate surface area is 193 Å². The summed E-state index contributed by atoms with van der Waals surface area (Å²) in [5, 5.41) is 0. The highest BCUT2D eigenvalue weighted by Gasteiger charge is 2.39. The molecule has 0 saturated carbocycles. The maximum atomic E-state index is 13.0. The largest absolute Gasteiger partial charge is 0.381 e. The van der Waals surface area contributed by atoms with Crippen molar-refractivity contribution in [2.24, 2.45) is 0 Å². The van der Waals surface area contributed by atoms with Gasteiger partial charge in [0, 0.05) is 57.0 Å². The third-order valence-corrected chi connectivity index (χ3v) is 6.55. The number of hydrogen-bond donors (Lipinski definition) is 0. The van der Waals surface area contributed by atoms with Gasteiger partial charge in [-0.15, -0.1) is 0 Å². The predicted molar refractivity (Wildman–Crippen MR) is 130 cm³/mol. The minimum atomic E-state index is -0.123. The molecule has 2 aromatic rings. The van der Waals surface area contributed by atoms with Crippen LogP contribution in [0.15, 0.2) is 48.5 Å². The number of aryl methyl sites for hydroxylation is 1. The molecule has 174 valence electrons. The number of likely N-dealkylation sites (N-methyl/N-ethyl adjacent to an activating group) is 2. The average Bonchev–Trinajstić information content (AvgIpc) is 2.81.